The molecule has 0 radical (unpaired) electrons. The summed E-state index contributed by atoms with van der Waals surface area (Å²) in [4.78, 5) is 37.4. The van der Waals surface area contributed by atoms with Crippen molar-refractivity contribution in [3.05, 3.63) is 76.0 Å². The van der Waals surface area contributed by atoms with Crippen molar-refractivity contribution in [2.45, 2.75) is 53.3 Å². The third-order valence-electron chi connectivity index (χ3n) is 5.32. The van der Waals surface area contributed by atoms with Gasteiger partial charge in [-0.05, 0) is 73.5 Å². The number of hydrogen-bond donors (Lipinski definition) is 2. The standard InChI is InChI=1S/C28H32FN3O4/c1-17(2)16-32-23(15-31-27(35)36-28(3,4)5)25(19-8-10-20(29)11-9-19)22-14-18(7-13-24(30)33)6-12-21(22)26(32)34/h6-14,17H,15-16H2,1-5H3,(H2,30,33)(H,31,35). The van der Waals surface area contributed by atoms with Gasteiger partial charge < -0.3 is 20.4 Å². The first-order valence-corrected chi connectivity index (χ1v) is 11.8. The van der Waals surface area contributed by atoms with Crippen LogP contribution in [0.3, 0.4) is 0 Å². The van der Waals surface area contributed by atoms with E-state index >= 15 is 0 Å². The van der Waals surface area contributed by atoms with Crippen LogP contribution in [0.2, 0.25) is 0 Å². The van der Waals surface area contributed by atoms with Crippen LogP contribution in [0.25, 0.3) is 28.0 Å². The molecule has 8 heteroatoms. The molecule has 0 aliphatic heterocycles. The molecule has 3 aromatic rings. The second kappa shape index (κ2) is 10.8. The number of primary amides is 1. The van der Waals surface area contributed by atoms with Crippen LogP contribution in [0.5, 0.6) is 0 Å². The molecule has 0 saturated heterocycles. The molecule has 3 rings (SSSR count). The minimum atomic E-state index is -0.688. The molecule has 0 atom stereocenters. The lowest BCUT2D eigenvalue weighted by molar-refractivity contribution is -0.113. The molecule has 0 saturated carbocycles. The van der Waals surface area contributed by atoms with Gasteiger partial charge in [-0.3, -0.25) is 9.59 Å². The number of benzene rings is 2. The molecule has 0 unspecified atom stereocenters. The van der Waals surface area contributed by atoms with Gasteiger partial charge in [-0.25, -0.2) is 9.18 Å². The van der Waals surface area contributed by atoms with E-state index < -0.39 is 23.4 Å². The number of carbonyl (C=O) groups is 2. The normalized spacial score (nSPS) is 11.9. The summed E-state index contributed by atoms with van der Waals surface area (Å²) in [6, 6.07) is 11.2. The average Bonchev–Trinajstić information content (AvgIpc) is 2.77. The van der Waals surface area contributed by atoms with E-state index in [1.165, 1.54) is 18.2 Å². The van der Waals surface area contributed by atoms with Crippen molar-refractivity contribution in [1.82, 2.24) is 9.88 Å². The maximum atomic E-state index is 13.8. The number of ether oxygens (including phenoxy) is 1. The van der Waals surface area contributed by atoms with Gasteiger partial charge in [-0.2, -0.15) is 0 Å². The maximum Gasteiger partial charge on any atom is 0.407 e. The first kappa shape index (κ1) is 26.7. The summed E-state index contributed by atoms with van der Waals surface area (Å²) in [5, 5.41) is 3.84. The molecule has 0 spiro atoms. The van der Waals surface area contributed by atoms with E-state index in [0.717, 1.165) is 0 Å². The summed E-state index contributed by atoms with van der Waals surface area (Å²) in [5.74, 6) is -0.847. The number of alkyl carbamates (subject to hydrolysis) is 1. The van der Waals surface area contributed by atoms with Crippen molar-refractivity contribution in [2.24, 2.45) is 11.7 Å². The Morgan fingerprint density at radius 3 is 2.36 bits per heavy atom. The third kappa shape index (κ3) is 6.59. The quantitative estimate of drug-likeness (QED) is 0.453. The number of halogens is 1. The van der Waals surface area contributed by atoms with Crippen LogP contribution in [0, 0.1) is 11.7 Å². The van der Waals surface area contributed by atoms with E-state index in [1.54, 1.807) is 61.7 Å². The molecule has 0 aliphatic rings. The average molecular weight is 494 g/mol. The van der Waals surface area contributed by atoms with E-state index in [4.69, 9.17) is 10.5 Å². The Labute approximate surface area is 209 Å². The van der Waals surface area contributed by atoms with Gasteiger partial charge in [-0.1, -0.05) is 32.0 Å². The summed E-state index contributed by atoms with van der Waals surface area (Å²) in [6.07, 6.45) is 2.19. The molecule has 1 aromatic heterocycles. The molecule has 36 heavy (non-hydrogen) atoms. The Morgan fingerprint density at radius 1 is 1.11 bits per heavy atom. The molecule has 190 valence electrons. The summed E-state index contributed by atoms with van der Waals surface area (Å²) in [6.45, 7) is 9.72. The zero-order chi connectivity index (χ0) is 26.6. The SMILES string of the molecule is CC(C)Cn1c(CNC(=O)OC(C)(C)C)c(-c2ccc(F)cc2)c2cc(C=CC(N)=O)ccc2c1=O. The predicted molar refractivity (Wildman–Crippen MR) is 140 cm³/mol. The van der Waals surface area contributed by atoms with Gasteiger partial charge in [-0.15, -0.1) is 0 Å². The van der Waals surface area contributed by atoms with Crippen molar-refractivity contribution >= 4 is 28.8 Å². The third-order valence-corrected chi connectivity index (χ3v) is 5.32. The molecule has 0 bridgehead atoms. The van der Waals surface area contributed by atoms with Crippen LogP contribution in [0.15, 0.2) is 53.3 Å². The van der Waals surface area contributed by atoms with Crippen molar-refractivity contribution in [2.75, 3.05) is 0 Å². The van der Waals surface area contributed by atoms with Crippen molar-refractivity contribution in [1.29, 1.82) is 0 Å². The molecular weight excluding hydrogens is 461 g/mol. The zero-order valence-electron chi connectivity index (χ0n) is 21.2. The molecule has 0 fully saturated rings. The van der Waals surface area contributed by atoms with Crippen molar-refractivity contribution < 1.29 is 18.7 Å². The summed E-state index contributed by atoms with van der Waals surface area (Å²) in [5.41, 5.74) is 6.93. The van der Waals surface area contributed by atoms with E-state index in [1.807, 2.05) is 13.8 Å². The molecule has 2 amide bonds. The molecule has 3 N–H and O–H groups in total. The van der Waals surface area contributed by atoms with E-state index in [-0.39, 0.29) is 18.0 Å². The van der Waals surface area contributed by atoms with Crippen LogP contribution in [0.4, 0.5) is 9.18 Å². The molecule has 1 heterocycles. The monoisotopic (exact) mass is 493 g/mol. The van der Waals surface area contributed by atoms with Crippen LogP contribution in [-0.2, 0) is 22.6 Å². The Kier molecular flexibility index (Phi) is 7.97. The minimum absolute atomic E-state index is 0.0148. The van der Waals surface area contributed by atoms with Crippen molar-refractivity contribution in [3.8, 4) is 11.1 Å². The van der Waals surface area contributed by atoms with Crippen LogP contribution in [0.1, 0.15) is 45.9 Å². The fraction of sp³-hybridized carbons (Fsp3) is 0.321. The number of carbonyl (C=O) groups excluding carboxylic acids is 2. The highest BCUT2D eigenvalue weighted by molar-refractivity contribution is 5.99. The number of pyridine rings is 1. The number of fused-ring (bicyclic) bond motifs is 1. The van der Waals surface area contributed by atoms with Gasteiger partial charge in [0.1, 0.15) is 11.4 Å². The van der Waals surface area contributed by atoms with Gasteiger partial charge in [0.2, 0.25) is 5.91 Å². The Balaban J connectivity index is 2.31. The highest BCUT2D eigenvalue weighted by atomic mass is 19.1. The molecule has 0 aliphatic carbocycles. The Bertz CT molecular complexity index is 1370. The van der Waals surface area contributed by atoms with Crippen LogP contribution < -0.4 is 16.6 Å². The highest BCUT2D eigenvalue weighted by Gasteiger charge is 2.21. The second-order valence-corrected chi connectivity index (χ2v) is 10.0. The maximum absolute atomic E-state index is 13.8. The first-order valence-electron chi connectivity index (χ1n) is 11.8. The van der Waals surface area contributed by atoms with Crippen molar-refractivity contribution in [3.63, 3.8) is 0 Å². The van der Waals surface area contributed by atoms with Gasteiger partial charge in [0.15, 0.2) is 0 Å². The fourth-order valence-corrected chi connectivity index (χ4v) is 3.95. The lowest BCUT2D eigenvalue weighted by atomic mass is 9.94. The fourth-order valence-electron chi connectivity index (χ4n) is 3.95. The van der Waals surface area contributed by atoms with E-state index in [0.29, 0.717) is 39.7 Å². The minimum Gasteiger partial charge on any atom is -0.444 e. The van der Waals surface area contributed by atoms with Gasteiger partial charge in [0.25, 0.3) is 5.56 Å². The second-order valence-electron chi connectivity index (χ2n) is 10.0. The number of nitrogens with two attached hydrogens (primary N) is 1. The number of rotatable bonds is 7. The van der Waals surface area contributed by atoms with Gasteiger partial charge >= 0.3 is 6.09 Å². The highest BCUT2D eigenvalue weighted by Crippen LogP contribution is 2.32. The van der Waals surface area contributed by atoms with E-state index in [9.17, 15) is 18.8 Å². The smallest absolute Gasteiger partial charge is 0.407 e. The zero-order valence-corrected chi connectivity index (χ0v) is 21.2. The van der Waals surface area contributed by atoms with Gasteiger partial charge in [0, 0.05) is 29.3 Å². The number of nitrogens with zero attached hydrogens (tertiary/aromatic N) is 1. The molecular formula is C28H32FN3O4. The molecule has 2 aromatic carbocycles. The number of hydrogen-bond acceptors (Lipinski definition) is 4. The van der Waals surface area contributed by atoms with Gasteiger partial charge in [0.05, 0.1) is 6.54 Å². The lowest BCUT2D eigenvalue weighted by Gasteiger charge is -2.23. The largest absolute Gasteiger partial charge is 0.444 e. The summed E-state index contributed by atoms with van der Waals surface area (Å²) in [7, 11) is 0. The summed E-state index contributed by atoms with van der Waals surface area (Å²) < 4.78 is 20.8. The number of amides is 2. The van der Waals surface area contributed by atoms with Crippen LogP contribution in [-0.4, -0.2) is 22.2 Å². The number of aromatic nitrogens is 1. The summed E-state index contributed by atoms with van der Waals surface area (Å²) >= 11 is 0. The van der Waals surface area contributed by atoms with Crippen LogP contribution >= 0.6 is 0 Å². The first-order chi connectivity index (χ1) is 16.9. The Hall–Kier alpha value is -3.94. The Morgan fingerprint density at radius 2 is 1.78 bits per heavy atom. The number of nitrogens with one attached hydrogen (secondary N) is 1. The topological polar surface area (TPSA) is 103 Å². The predicted octanol–water partition coefficient (Wildman–Crippen LogP) is 4.99. The lowest BCUT2D eigenvalue weighted by Crippen LogP contribution is -2.35. The molecule has 7 nitrogen and oxygen atoms in total. The van der Waals surface area contributed by atoms with E-state index in [2.05, 4.69) is 5.32 Å².